The lowest BCUT2D eigenvalue weighted by Gasteiger charge is -2.35. The molecule has 5 rings (SSSR count). The highest BCUT2D eigenvalue weighted by molar-refractivity contribution is 6.30. The molecule has 0 spiro atoms. The molecule has 4 nitrogen and oxygen atoms in total. The molecule has 0 aliphatic rings. The van der Waals surface area contributed by atoms with E-state index in [9.17, 15) is 14.9 Å². The van der Waals surface area contributed by atoms with Crippen LogP contribution in [-0.4, -0.2) is 17.3 Å². The smallest absolute Gasteiger partial charge is 0.211 e. The van der Waals surface area contributed by atoms with Crippen LogP contribution in [0.4, 0.5) is 0 Å². The number of nitro groups is 1. The maximum absolute atomic E-state index is 13.6. The van der Waals surface area contributed by atoms with E-state index in [-0.39, 0.29) is 17.1 Å². The Morgan fingerprint density at radius 1 is 0.745 bits per heavy atom. The summed E-state index contributed by atoms with van der Waals surface area (Å²) in [5, 5.41) is 13.1. The van der Waals surface area contributed by atoms with Crippen molar-refractivity contribution in [3.05, 3.63) is 194 Å². The second-order valence-electron chi connectivity index (χ2n) is 11.4. The average Bonchev–Trinajstić information content (AvgIpc) is 3.09. The number of carbonyl (C=O) groups is 1. The number of ketones is 1. The number of hydrogen-bond donors (Lipinski definition) is 0. The fourth-order valence-electron chi connectivity index (χ4n) is 6.09. The minimum atomic E-state index is -1.07. The number of Topliss-reactive ketones (excluding diaryl/α,β-unsaturated/α-hetero) is 1. The molecule has 2 atom stereocenters. The van der Waals surface area contributed by atoms with Crippen LogP contribution in [0.15, 0.2) is 146 Å². The maximum Gasteiger partial charge on any atom is 0.211 e. The van der Waals surface area contributed by atoms with Crippen molar-refractivity contribution in [2.75, 3.05) is 6.54 Å². The van der Waals surface area contributed by atoms with Crippen LogP contribution in [-0.2, 0) is 10.2 Å². The van der Waals surface area contributed by atoms with Crippen molar-refractivity contribution in [1.82, 2.24) is 0 Å². The van der Waals surface area contributed by atoms with Gasteiger partial charge < -0.3 is 0 Å². The van der Waals surface area contributed by atoms with E-state index in [1.54, 1.807) is 24.3 Å². The minimum Gasteiger partial charge on any atom is -0.300 e. The molecule has 0 heterocycles. The lowest BCUT2D eigenvalue weighted by Crippen LogP contribution is -2.36. The molecule has 0 radical (unpaired) electrons. The Morgan fingerprint density at radius 2 is 1.19 bits per heavy atom. The van der Waals surface area contributed by atoms with Gasteiger partial charge in [-0.2, -0.15) is 0 Å². The van der Waals surface area contributed by atoms with Gasteiger partial charge in [0.25, 0.3) is 0 Å². The molecular formula is C41H33Cl2NO3. The SMILES string of the molecule is CC(=O)[C@@H](CC(C#CC=C(c1ccccc1)c1ccccc1)(c1ccc(Cl)cc1)c1ccc(Cl)cc1)[C@@H](C[N+](=O)[O-])c1ccccc1. The number of halogens is 2. The van der Waals surface area contributed by atoms with Crippen molar-refractivity contribution in [1.29, 1.82) is 0 Å². The second-order valence-corrected chi connectivity index (χ2v) is 12.3. The van der Waals surface area contributed by atoms with Gasteiger partial charge in [0.15, 0.2) is 0 Å². The number of benzene rings is 5. The van der Waals surface area contributed by atoms with Gasteiger partial charge in [-0.25, -0.2) is 0 Å². The van der Waals surface area contributed by atoms with Gasteiger partial charge in [-0.15, -0.1) is 0 Å². The predicted molar refractivity (Wildman–Crippen MR) is 191 cm³/mol. The number of nitrogens with zero attached hydrogens (tertiary/aromatic N) is 1. The molecule has 5 aromatic rings. The molecule has 0 fully saturated rings. The van der Waals surface area contributed by atoms with Crippen molar-refractivity contribution in [3.63, 3.8) is 0 Å². The molecule has 0 aliphatic carbocycles. The summed E-state index contributed by atoms with van der Waals surface area (Å²) in [5.74, 6) is 5.40. The van der Waals surface area contributed by atoms with Crippen molar-refractivity contribution in [2.24, 2.45) is 5.92 Å². The molecule has 0 aliphatic heterocycles. The summed E-state index contributed by atoms with van der Waals surface area (Å²) in [6.07, 6.45) is 2.09. The summed E-state index contributed by atoms with van der Waals surface area (Å²) in [5.41, 5.74) is 4.24. The lowest BCUT2D eigenvalue weighted by atomic mass is 9.65. The van der Waals surface area contributed by atoms with Crippen LogP contribution < -0.4 is 0 Å². The second kappa shape index (κ2) is 15.6. The molecule has 0 N–H and O–H groups in total. The summed E-state index contributed by atoms with van der Waals surface area (Å²) in [7, 11) is 0. The Morgan fingerprint density at radius 3 is 1.62 bits per heavy atom. The molecule has 5 aromatic carbocycles. The fraction of sp³-hybridized carbons (Fsp3) is 0.146. The number of hydrogen-bond acceptors (Lipinski definition) is 3. The molecule has 0 saturated carbocycles. The summed E-state index contributed by atoms with van der Waals surface area (Å²) in [6, 6.07) is 44.1. The van der Waals surface area contributed by atoms with Gasteiger partial charge in [0, 0.05) is 20.9 Å². The number of allylic oxidation sites excluding steroid dienone is 1. The van der Waals surface area contributed by atoms with Gasteiger partial charge in [-0.05, 0) is 77.1 Å². The van der Waals surface area contributed by atoms with Crippen LogP contribution in [0.5, 0.6) is 0 Å². The predicted octanol–water partition coefficient (Wildman–Crippen LogP) is 10.1. The molecule has 6 heteroatoms. The van der Waals surface area contributed by atoms with Crippen LogP contribution in [0.1, 0.15) is 47.1 Å². The largest absolute Gasteiger partial charge is 0.300 e. The molecular weight excluding hydrogens is 625 g/mol. The molecule has 0 amide bonds. The highest BCUT2D eigenvalue weighted by atomic mass is 35.5. The van der Waals surface area contributed by atoms with Crippen molar-refractivity contribution < 1.29 is 9.72 Å². The summed E-state index contributed by atoms with van der Waals surface area (Å²) in [6.45, 7) is 1.11. The minimum absolute atomic E-state index is 0.153. The zero-order valence-electron chi connectivity index (χ0n) is 25.9. The van der Waals surface area contributed by atoms with Crippen molar-refractivity contribution in [2.45, 2.75) is 24.7 Å². The first kappa shape index (κ1) is 33.4. The Balaban J connectivity index is 1.76. The monoisotopic (exact) mass is 657 g/mol. The molecule has 0 saturated heterocycles. The lowest BCUT2D eigenvalue weighted by molar-refractivity contribution is -0.484. The van der Waals surface area contributed by atoms with E-state index >= 15 is 0 Å². The highest BCUT2D eigenvalue weighted by Gasteiger charge is 2.41. The topological polar surface area (TPSA) is 60.2 Å². The molecule has 47 heavy (non-hydrogen) atoms. The van der Waals surface area contributed by atoms with E-state index in [4.69, 9.17) is 23.2 Å². The molecule has 0 unspecified atom stereocenters. The van der Waals surface area contributed by atoms with E-state index in [2.05, 4.69) is 11.8 Å². The normalized spacial score (nSPS) is 12.2. The summed E-state index contributed by atoms with van der Waals surface area (Å²) < 4.78 is 0. The van der Waals surface area contributed by atoms with Crippen LogP contribution in [0.25, 0.3) is 5.57 Å². The first-order valence-corrected chi connectivity index (χ1v) is 16.1. The standard InChI is InChI=1S/C41H33Cl2NO3/c1-30(45)39(40(29-44(46)47)33-16-9-4-10-17-33)28-41(34-19-23-36(42)24-20-34,35-21-25-37(43)26-22-35)27-11-18-38(31-12-5-2-6-13-31)32-14-7-3-8-15-32/h2-10,12-26,39-40H,28-29H2,1H3/t39-,40+/m1/s1. The fourth-order valence-corrected chi connectivity index (χ4v) is 6.34. The average molecular weight is 659 g/mol. The van der Waals surface area contributed by atoms with Gasteiger partial charge in [0.1, 0.15) is 5.78 Å². The zero-order valence-corrected chi connectivity index (χ0v) is 27.4. The third-order valence-corrected chi connectivity index (χ3v) is 8.96. The van der Waals surface area contributed by atoms with E-state index in [0.717, 1.165) is 33.4 Å². The Labute approximate surface area is 285 Å². The Bertz CT molecular complexity index is 1810. The third kappa shape index (κ3) is 8.26. The van der Waals surface area contributed by atoms with E-state index < -0.39 is 23.8 Å². The van der Waals surface area contributed by atoms with Gasteiger partial charge in [0.2, 0.25) is 6.54 Å². The molecule has 0 bridgehead atoms. The van der Waals surface area contributed by atoms with E-state index in [1.165, 1.54) is 6.92 Å². The number of rotatable bonds is 11. The van der Waals surface area contributed by atoms with Gasteiger partial charge in [-0.1, -0.05) is 150 Å². The highest BCUT2D eigenvalue weighted by Crippen LogP contribution is 2.43. The van der Waals surface area contributed by atoms with Gasteiger partial charge >= 0.3 is 0 Å². The molecule has 0 aromatic heterocycles. The van der Waals surface area contributed by atoms with Crippen LogP contribution in [0.2, 0.25) is 10.0 Å². The summed E-state index contributed by atoms with van der Waals surface area (Å²) in [4.78, 5) is 25.3. The Hall–Kier alpha value is -4.95. The number of carbonyl (C=O) groups excluding carboxylic acids is 1. The maximum atomic E-state index is 13.6. The summed E-state index contributed by atoms with van der Waals surface area (Å²) >= 11 is 12.7. The quantitative estimate of drug-likeness (QED) is 0.0806. The molecule has 234 valence electrons. The zero-order chi connectivity index (χ0) is 33.2. The van der Waals surface area contributed by atoms with Crippen LogP contribution in [0.3, 0.4) is 0 Å². The first-order valence-electron chi connectivity index (χ1n) is 15.3. The van der Waals surface area contributed by atoms with Crippen molar-refractivity contribution >= 4 is 34.6 Å². The van der Waals surface area contributed by atoms with Crippen LogP contribution >= 0.6 is 23.2 Å². The van der Waals surface area contributed by atoms with Gasteiger partial charge in [-0.3, -0.25) is 14.9 Å². The van der Waals surface area contributed by atoms with Gasteiger partial charge in [0.05, 0.1) is 11.3 Å². The Kier molecular flexibility index (Phi) is 11.1. The first-order chi connectivity index (χ1) is 22.8. The van der Waals surface area contributed by atoms with E-state index in [1.807, 2.05) is 121 Å². The van der Waals surface area contributed by atoms with Crippen LogP contribution in [0, 0.1) is 27.9 Å². The van der Waals surface area contributed by atoms with E-state index in [0.29, 0.717) is 10.0 Å². The van der Waals surface area contributed by atoms with Crippen molar-refractivity contribution in [3.8, 4) is 11.8 Å². The third-order valence-electron chi connectivity index (χ3n) is 8.45.